The molecule has 0 amide bonds. The van der Waals surface area contributed by atoms with Gasteiger partial charge in [0.1, 0.15) is 5.78 Å². The first-order valence-electron chi connectivity index (χ1n) is 7.25. The number of carbonyl (C=O) groups excluding carboxylic acids is 1. The molecule has 4 heteroatoms. The summed E-state index contributed by atoms with van der Waals surface area (Å²) in [5.74, 6) is 0.573. The Balaban J connectivity index is 1.89. The Hall–Kier alpha value is -1.97. The van der Waals surface area contributed by atoms with Crippen LogP contribution in [0.1, 0.15) is 26.7 Å². The van der Waals surface area contributed by atoms with Crippen LogP contribution in [0, 0.1) is 0 Å². The fraction of sp³-hybridized carbons (Fsp3) is 0.312. The largest absolute Gasteiger partial charge is 0.409 e. The normalized spacial score (nSPS) is 14.6. The van der Waals surface area contributed by atoms with E-state index in [0.29, 0.717) is 18.6 Å². The second-order valence-electron chi connectivity index (χ2n) is 5.55. The molecule has 0 saturated carbocycles. The van der Waals surface area contributed by atoms with E-state index < -0.39 is 0 Å². The Morgan fingerprint density at radius 3 is 2.30 bits per heavy atom. The molecule has 2 aromatic rings. The van der Waals surface area contributed by atoms with Crippen molar-refractivity contribution in [3.63, 3.8) is 0 Å². The van der Waals surface area contributed by atoms with Crippen LogP contribution in [-0.2, 0) is 4.79 Å². The van der Waals surface area contributed by atoms with Gasteiger partial charge in [0.15, 0.2) is 0 Å². The van der Waals surface area contributed by atoms with Crippen LogP contribution in [0.4, 0.5) is 11.4 Å². The monoisotopic (exact) mass is 266 g/mol. The number of rotatable bonds is 4. The molecule has 20 heavy (non-hydrogen) atoms. The lowest BCUT2D eigenvalue weighted by Crippen LogP contribution is -2.41. The summed E-state index contributed by atoms with van der Waals surface area (Å²) < 4.78 is 0. The van der Waals surface area contributed by atoms with E-state index in [1.807, 2.05) is 6.92 Å². The molecule has 0 saturated heterocycles. The summed E-state index contributed by atoms with van der Waals surface area (Å²) in [6.07, 6.45) is 1.22. The molecule has 1 atom stereocenters. The number of carbonyl (C=O) groups is 1. The zero-order chi connectivity index (χ0) is 14.1. The Morgan fingerprint density at radius 1 is 1.15 bits per heavy atom. The fourth-order valence-corrected chi connectivity index (χ4v) is 2.86. The second kappa shape index (κ2) is 5.20. The Kier molecular flexibility index (Phi) is 3.39. The maximum absolute atomic E-state index is 11.6. The summed E-state index contributed by atoms with van der Waals surface area (Å²) in [6.45, 7) is 4.14. The third-order valence-electron chi connectivity index (χ3n) is 4.04. The van der Waals surface area contributed by atoms with Crippen LogP contribution in [0.3, 0.4) is 0 Å². The van der Waals surface area contributed by atoms with Crippen LogP contribution < -0.4 is 10.5 Å². The van der Waals surface area contributed by atoms with Gasteiger partial charge in [0.05, 0.1) is 0 Å². The summed E-state index contributed by atoms with van der Waals surface area (Å²) in [5, 5.41) is 9.52. The van der Waals surface area contributed by atoms with Crippen LogP contribution >= 0.6 is 0 Å². The van der Waals surface area contributed by atoms with Gasteiger partial charge in [-0.05, 0) is 23.3 Å². The highest BCUT2D eigenvalue weighted by Crippen LogP contribution is 2.36. The van der Waals surface area contributed by atoms with E-state index in [4.69, 9.17) is 0 Å². The molecule has 102 valence electrons. The summed E-state index contributed by atoms with van der Waals surface area (Å²) >= 11 is 0. The van der Waals surface area contributed by atoms with E-state index in [9.17, 15) is 4.79 Å². The number of ketones is 1. The lowest BCUT2D eigenvalue weighted by Gasteiger charge is -2.29. The first-order valence-corrected chi connectivity index (χ1v) is 7.25. The summed E-state index contributed by atoms with van der Waals surface area (Å²) in [6, 6.07) is 12.6. The second-order valence-corrected chi connectivity index (χ2v) is 5.55. The SMILES string of the molecule is CCC(=O)CC(C)B1Nc2cccc3cccc(c23)N1. The molecule has 2 aromatic carbocycles. The van der Waals surface area contributed by atoms with Gasteiger partial charge < -0.3 is 10.5 Å². The van der Waals surface area contributed by atoms with Gasteiger partial charge >= 0.3 is 6.98 Å². The fourth-order valence-electron chi connectivity index (χ4n) is 2.86. The first-order chi connectivity index (χ1) is 9.69. The van der Waals surface area contributed by atoms with E-state index in [0.717, 1.165) is 11.4 Å². The predicted octanol–water partition coefficient (Wildman–Crippen LogP) is 3.92. The van der Waals surface area contributed by atoms with Gasteiger partial charge in [-0.3, -0.25) is 4.79 Å². The van der Waals surface area contributed by atoms with Crippen molar-refractivity contribution in [2.45, 2.75) is 32.5 Å². The highest BCUT2D eigenvalue weighted by Gasteiger charge is 2.29. The molecule has 1 aliphatic rings. The van der Waals surface area contributed by atoms with Crippen molar-refractivity contribution in [3.8, 4) is 0 Å². The van der Waals surface area contributed by atoms with E-state index in [1.54, 1.807) is 0 Å². The molecule has 0 aromatic heterocycles. The van der Waals surface area contributed by atoms with Crippen LogP contribution in [-0.4, -0.2) is 12.8 Å². The maximum atomic E-state index is 11.6. The number of Topliss-reactive ketones (excluding diaryl/α,β-unsaturated/α-hetero) is 1. The molecule has 0 fully saturated rings. The third kappa shape index (κ3) is 2.26. The molecule has 2 N–H and O–H groups in total. The first kappa shape index (κ1) is 13.0. The Morgan fingerprint density at radius 2 is 1.75 bits per heavy atom. The number of nitrogens with one attached hydrogen (secondary N) is 2. The van der Waals surface area contributed by atoms with Gasteiger partial charge in [-0.1, -0.05) is 38.1 Å². The Bertz CT molecular complexity index is 615. The van der Waals surface area contributed by atoms with Crippen LogP contribution in [0.2, 0.25) is 5.82 Å². The number of hydrogen-bond donors (Lipinski definition) is 2. The number of benzene rings is 2. The summed E-state index contributed by atoms with van der Waals surface area (Å²) in [7, 11) is 0. The van der Waals surface area contributed by atoms with Gasteiger partial charge in [0.2, 0.25) is 0 Å². The minimum atomic E-state index is 0.103. The minimum absolute atomic E-state index is 0.103. The molecule has 3 rings (SSSR count). The molecule has 1 unspecified atom stereocenters. The zero-order valence-electron chi connectivity index (χ0n) is 11.9. The summed E-state index contributed by atoms with van der Waals surface area (Å²) in [5.41, 5.74) is 2.30. The zero-order valence-corrected chi connectivity index (χ0v) is 11.9. The van der Waals surface area contributed by atoms with E-state index in [-0.39, 0.29) is 12.8 Å². The van der Waals surface area contributed by atoms with Gasteiger partial charge in [0.25, 0.3) is 0 Å². The highest BCUT2D eigenvalue weighted by atomic mass is 16.1. The van der Waals surface area contributed by atoms with Gasteiger partial charge in [-0.25, -0.2) is 0 Å². The molecule has 1 heterocycles. The molecule has 0 aliphatic carbocycles. The van der Waals surface area contributed by atoms with Crippen molar-refractivity contribution >= 4 is 34.9 Å². The molecule has 0 spiro atoms. The quantitative estimate of drug-likeness (QED) is 0.824. The lowest BCUT2D eigenvalue weighted by molar-refractivity contribution is -0.118. The molecule has 0 radical (unpaired) electrons. The van der Waals surface area contributed by atoms with E-state index in [2.05, 4.69) is 53.8 Å². The molecule has 0 bridgehead atoms. The lowest BCUT2D eigenvalue weighted by atomic mass is 9.59. The average molecular weight is 266 g/mol. The van der Waals surface area contributed by atoms with Crippen molar-refractivity contribution in [1.29, 1.82) is 0 Å². The predicted molar refractivity (Wildman–Crippen MR) is 86.3 cm³/mol. The average Bonchev–Trinajstić information content (AvgIpc) is 2.47. The van der Waals surface area contributed by atoms with Gasteiger partial charge in [0, 0.05) is 29.6 Å². The van der Waals surface area contributed by atoms with Crippen molar-refractivity contribution < 1.29 is 4.79 Å². The highest BCUT2D eigenvalue weighted by molar-refractivity contribution is 6.69. The van der Waals surface area contributed by atoms with Crippen LogP contribution in [0.5, 0.6) is 0 Å². The van der Waals surface area contributed by atoms with Crippen molar-refractivity contribution in [2.24, 2.45) is 0 Å². The Labute approximate surface area is 119 Å². The van der Waals surface area contributed by atoms with E-state index >= 15 is 0 Å². The molecule has 1 aliphatic heterocycles. The molecular formula is C16H19BN2O. The maximum Gasteiger partial charge on any atom is 0.373 e. The van der Waals surface area contributed by atoms with Crippen LogP contribution in [0.15, 0.2) is 36.4 Å². The standard InChI is InChI=1S/C16H19BN2O/c1-3-13(20)10-11(2)17-18-14-8-4-6-12-7-5-9-15(19-17)16(12)14/h4-9,11,18-19H,3,10H2,1-2H3. The summed E-state index contributed by atoms with van der Waals surface area (Å²) in [4.78, 5) is 11.6. The minimum Gasteiger partial charge on any atom is -0.409 e. The van der Waals surface area contributed by atoms with Crippen molar-refractivity contribution in [3.05, 3.63) is 36.4 Å². The third-order valence-corrected chi connectivity index (χ3v) is 4.04. The van der Waals surface area contributed by atoms with E-state index in [1.165, 1.54) is 10.8 Å². The van der Waals surface area contributed by atoms with Crippen molar-refractivity contribution in [1.82, 2.24) is 0 Å². The number of hydrogen-bond acceptors (Lipinski definition) is 3. The number of anilines is 2. The topological polar surface area (TPSA) is 41.1 Å². The van der Waals surface area contributed by atoms with Crippen molar-refractivity contribution in [2.75, 3.05) is 10.5 Å². The molecule has 3 nitrogen and oxygen atoms in total. The molecular weight excluding hydrogens is 247 g/mol. The van der Waals surface area contributed by atoms with Gasteiger partial charge in [-0.2, -0.15) is 0 Å². The van der Waals surface area contributed by atoms with Crippen LogP contribution in [0.25, 0.3) is 10.8 Å². The smallest absolute Gasteiger partial charge is 0.373 e. The van der Waals surface area contributed by atoms with Gasteiger partial charge in [-0.15, -0.1) is 0 Å².